The summed E-state index contributed by atoms with van der Waals surface area (Å²) in [6.07, 6.45) is 1.61. The lowest BCUT2D eigenvalue weighted by Gasteiger charge is -2.09. The van der Waals surface area contributed by atoms with Crippen LogP contribution in [0.1, 0.15) is 16.1 Å². The van der Waals surface area contributed by atoms with E-state index in [4.69, 9.17) is 0 Å². The van der Waals surface area contributed by atoms with Crippen LogP contribution in [-0.2, 0) is 11.3 Å². The molecule has 0 aliphatic rings. The summed E-state index contributed by atoms with van der Waals surface area (Å²) in [6.45, 7) is 0.271. The second-order valence-corrected chi connectivity index (χ2v) is 5.56. The molecule has 0 fully saturated rings. The van der Waals surface area contributed by atoms with Gasteiger partial charge in [0.1, 0.15) is 5.82 Å². The van der Waals surface area contributed by atoms with Crippen molar-refractivity contribution in [3.8, 4) is 0 Å². The van der Waals surface area contributed by atoms with E-state index in [2.05, 4.69) is 5.32 Å². The summed E-state index contributed by atoms with van der Waals surface area (Å²) in [5, 5.41) is 2.24. The molecule has 1 N–H and O–H groups in total. The van der Waals surface area contributed by atoms with Gasteiger partial charge in [0.25, 0.3) is 11.7 Å². The number of halogens is 3. The first kappa shape index (κ1) is 17.5. The lowest BCUT2D eigenvalue weighted by atomic mass is 10.2. The van der Waals surface area contributed by atoms with E-state index in [9.17, 15) is 22.8 Å². The van der Waals surface area contributed by atoms with Gasteiger partial charge in [0.05, 0.1) is 5.69 Å². The molecule has 0 spiro atoms. The van der Waals surface area contributed by atoms with Gasteiger partial charge in [0, 0.05) is 24.5 Å². The Balaban J connectivity index is 1.75. The molecule has 0 atom stereocenters. The van der Waals surface area contributed by atoms with E-state index in [0.29, 0.717) is 0 Å². The summed E-state index contributed by atoms with van der Waals surface area (Å²) < 4.78 is 40.6. The first-order valence-electron chi connectivity index (χ1n) is 7.64. The molecule has 0 bridgehead atoms. The average molecular weight is 358 g/mol. The predicted octanol–water partition coefficient (Wildman–Crippen LogP) is 3.78. The van der Waals surface area contributed by atoms with Crippen molar-refractivity contribution in [2.45, 2.75) is 6.54 Å². The smallest absolute Gasteiger partial charge is 0.298 e. The molecule has 0 radical (unpaired) electrons. The second-order valence-electron chi connectivity index (χ2n) is 5.56. The molecule has 0 saturated heterocycles. The molecule has 0 saturated carbocycles. The Kier molecular flexibility index (Phi) is 4.88. The number of aromatic nitrogens is 1. The predicted molar refractivity (Wildman–Crippen MR) is 89.3 cm³/mol. The summed E-state index contributed by atoms with van der Waals surface area (Å²) in [6, 6.07) is 11.6. The molecule has 2 aromatic carbocycles. The van der Waals surface area contributed by atoms with E-state index >= 15 is 0 Å². The fourth-order valence-electron chi connectivity index (χ4n) is 2.42. The number of hydrogen-bond acceptors (Lipinski definition) is 2. The van der Waals surface area contributed by atoms with Gasteiger partial charge in [-0.3, -0.25) is 9.59 Å². The number of Topliss-reactive ketones (excluding diaryl/α,β-unsaturated/α-hetero) is 1. The highest BCUT2D eigenvalue weighted by molar-refractivity contribution is 6.46. The summed E-state index contributed by atoms with van der Waals surface area (Å²) in [5.41, 5.74) is 0.839. The summed E-state index contributed by atoms with van der Waals surface area (Å²) in [7, 11) is 0. The first-order chi connectivity index (χ1) is 12.4. The van der Waals surface area contributed by atoms with Crippen molar-refractivity contribution in [1.82, 2.24) is 4.57 Å². The molecule has 4 nitrogen and oxygen atoms in total. The van der Waals surface area contributed by atoms with Gasteiger partial charge in [-0.15, -0.1) is 0 Å². The third-order valence-electron chi connectivity index (χ3n) is 3.71. The normalized spacial score (nSPS) is 10.6. The van der Waals surface area contributed by atoms with Crippen LogP contribution in [-0.4, -0.2) is 16.3 Å². The van der Waals surface area contributed by atoms with Gasteiger partial charge in [-0.05, 0) is 42.0 Å². The molecular formula is C19H13F3N2O2. The highest BCUT2D eigenvalue weighted by Gasteiger charge is 2.20. The maximum Gasteiger partial charge on any atom is 0.298 e. The molecule has 26 heavy (non-hydrogen) atoms. The molecule has 7 heteroatoms. The molecule has 3 aromatic rings. The van der Waals surface area contributed by atoms with E-state index in [1.807, 2.05) is 0 Å². The largest absolute Gasteiger partial charge is 0.340 e. The number of nitrogens with one attached hydrogen (secondary N) is 1. The zero-order valence-corrected chi connectivity index (χ0v) is 13.4. The zero-order valence-electron chi connectivity index (χ0n) is 13.4. The van der Waals surface area contributed by atoms with Crippen LogP contribution >= 0.6 is 0 Å². The van der Waals surface area contributed by atoms with Crippen molar-refractivity contribution in [2.24, 2.45) is 0 Å². The molecule has 0 aliphatic carbocycles. The monoisotopic (exact) mass is 358 g/mol. The van der Waals surface area contributed by atoms with E-state index in [1.165, 1.54) is 18.2 Å². The molecule has 0 unspecified atom stereocenters. The number of anilines is 1. The molecule has 0 aliphatic heterocycles. The van der Waals surface area contributed by atoms with E-state index in [0.717, 1.165) is 23.8 Å². The van der Waals surface area contributed by atoms with Crippen molar-refractivity contribution < 1.29 is 22.8 Å². The highest BCUT2D eigenvalue weighted by atomic mass is 19.2. The average Bonchev–Trinajstić information content (AvgIpc) is 3.07. The first-order valence-corrected chi connectivity index (χ1v) is 7.64. The van der Waals surface area contributed by atoms with Gasteiger partial charge < -0.3 is 9.88 Å². The minimum atomic E-state index is -1.13. The van der Waals surface area contributed by atoms with E-state index < -0.39 is 23.3 Å². The van der Waals surface area contributed by atoms with Gasteiger partial charge in [0.15, 0.2) is 11.6 Å². The maximum atomic E-state index is 13.2. The number of carbonyl (C=O) groups excluding carboxylic acids is 2. The Morgan fingerprint density at radius 3 is 2.35 bits per heavy atom. The third-order valence-corrected chi connectivity index (χ3v) is 3.71. The zero-order chi connectivity index (χ0) is 18.7. The van der Waals surface area contributed by atoms with Crippen LogP contribution in [0.5, 0.6) is 0 Å². The Hall–Kier alpha value is -3.35. The summed E-state index contributed by atoms with van der Waals surface area (Å²) in [5.74, 6) is -4.36. The fourth-order valence-corrected chi connectivity index (χ4v) is 2.42. The Labute approximate surface area is 146 Å². The molecule has 1 amide bonds. The van der Waals surface area contributed by atoms with Crippen molar-refractivity contribution in [2.75, 3.05) is 5.32 Å². The number of amides is 1. The minimum Gasteiger partial charge on any atom is -0.340 e. The van der Waals surface area contributed by atoms with Gasteiger partial charge >= 0.3 is 0 Å². The number of rotatable bonds is 5. The maximum absolute atomic E-state index is 13.2. The van der Waals surface area contributed by atoms with Crippen LogP contribution < -0.4 is 5.32 Å². The standard InChI is InChI=1S/C19H13F3N2O2/c20-13-5-3-12(4-6-13)11-24-9-1-2-17(24)18(25)19(26)23-14-7-8-15(21)16(22)10-14/h1-10H,11H2,(H,23,26). The van der Waals surface area contributed by atoms with Crippen LogP contribution in [0.2, 0.25) is 0 Å². The van der Waals surface area contributed by atoms with Gasteiger partial charge in [-0.2, -0.15) is 0 Å². The summed E-state index contributed by atoms with van der Waals surface area (Å²) in [4.78, 5) is 24.5. The number of benzene rings is 2. The van der Waals surface area contributed by atoms with Gasteiger partial charge in [0.2, 0.25) is 0 Å². The van der Waals surface area contributed by atoms with Crippen molar-refractivity contribution in [3.05, 3.63) is 89.5 Å². The highest BCUT2D eigenvalue weighted by Crippen LogP contribution is 2.15. The molecule has 1 heterocycles. The van der Waals surface area contributed by atoms with Gasteiger partial charge in [-0.25, -0.2) is 13.2 Å². The lowest BCUT2D eigenvalue weighted by molar-refractivity contribution is -0.112. The topological polar surface area (TPSA) is 51.1 Å². The van der Waals surface area contributed by atoms with E-state index in [1.54, 1.807) is 29.0 Å². The Morgan fingerprint density at radius 2 is 1.65 bits per heavy atom. The van der Waals surface area contributed by atoms with Crippen LogP contribution in [0.25, 0.3) is 0 Å². The van der Waals surface area contributed by atoms with Crippen molar-refractivity contribution >= 4 is 17.4 Å². The van der Waals surface area contributed by atoms with E-state index in [-0.39, 0.29) is 23.7 Å². The van der Waals surface area contributed by atoms with Crippen LogP contribution in [0, 0.1) is 17.5 Å². The van der Waals surface area contributed by atoms with Crippen LogP contribution in [0.3, 0.4) is 0 Å². The Bertz CT molecular complexity index is 965. The molecule has 1 aromatic heterocycles. The Morgan fingerprint density at radius 1 is 0.923 bits per heavy atom. The van der Waals surface area contributed by atoms with Crippen molar-refractivity contribution in [1.29, 1.82) is 0 Å². The number of nitrogens with zero attached hydrogens (tertiary/aromatic N) is 1. The van der Waals surface area contributed by atoms with Crippen LogP contribution in [0.4, 0.5) is 18.9 Å². The molecule has 3 rings (SSSR count). The quantitative estimate of drug-likeness (QED) is 0.558. The third kappa shape index (κ3) is 3.83. The van der Waals surface area contributed by atoms with Gasteiger partial charge in [-0.1, -0.05) is 12.1 Å². The summed E-state index contributed by atoms with van der Waals surface area (Å²) >= 11 is 0. The SMILES string of the molecule is O=C(Nc1ccc(F)c(F)c1)C(=O)c1cccn1Cc1ccc(F)cc1. The molecule has 132 valence electrons. The second kappa shape index (κ2) is 7.26. The molecular weight excluding hydrogens is 345 g/mol. The number of ketones is 1. The van der Waals surface area contributed by atoms with Crippen molar-refractivity contribution in [3.63, 3.8) is 0 Å². The number of hydrogen-bond donors (Lipinski definition) is 1. The fraction of sp³-hybridized carbons (Fsp3) is 0.0526. The number of carbonyl (C=O) groups is 2. The minimum absolute atomic E-state index is 0.0288. The lowest BCUT2D eigenvalue weighted by Crippen LogP contribution is -2.25. The van der Waals surface area contributed by atoms with Crippen LogP contribution in [0.15, 0.2) is 60.8 Å².